The van der Waals surface area contributed by atoms with Gasteiger partial charge in [-0.05, 0) is 59.3 Å². The van der Waals surface area contributed by atoms with Crippen molar-refractivity contribution in [3.05, 3.63) is 28.0 Å². The van der Waals surface area contributed by atoms with Gasteiger partial charge in [0.05, 0.1) is 22.0 Å². The summed E-state index contributed by atoms with van der Waals surface area (Å²) in [4.78, 5) is 26.2. The van der Waals surface area contributed by atoms with Crippen LogP contribution in [0.2, 0.25) is 0 Å². The molecule has 0 bridgehead atoms. The molecule has 1 aliphatic heterocycles. The minimum atomic E-state index is -0.390. The number of amides is 2. The van der Waals surface area contributed by atoms with Crippen molar-refractivity contribution < 1.29 is 14.0 Å². The monoisotopic (exact) mass is 339 g/mol. The van der Waals surface area contributed by atoms with E-state index in [0.29, 0.717) is 17.2 Å². The quantitative estimate of drug-likeness (QED) is 0.735. The molecule has 20 heavy (non-hydrogen) atoms. The summed E-state index contributed by atoms with van der Waals surface area (Å²) in [5.74, 6) is -0.626. The number of benzene rings is 1. The Bertz CT molecular complexity index is 592. The van der Waals surface area contributed by atoms with Gasteiger partial charge in [-0.15, -0.1) is 0 Å². The number of aryl methyl sites for hydroxylation is 1. The van der Waals surface area contributed by atoms with Gasteiger partial charge in [0.1, 0.15) is 5.82 Å². The van der Waals surface area contributed by atoms with Crippen LogP contribution < -0.4 is 4.90 Å². The van der Waals surface area contributed by atoms with Gasteiger partial charge in [-0.3, -0.25) is 9.59 Å². The molecule has 2 unspecified atom stereocenters. The van der Waals surface area contributed by atoms with Gasteiger partial charge in [0.25, 0.3) is 0 Å². The molecule has 1 aromatic carbocycles. The highest BCUT2D eigenvalue weighted by molar-refractivity contribution is 9.10. The molecule has 1 saturated heterocycles. The lowest BCUT2D eigenvalue weighted by Crippen LogP contribution is -2.32. The molecule has 2 amide bonds. The molecule has 1 saturated carbocycles. The number of carbonyl (C=O) groups is 2. The van der Waals surface area contributed by atoms with E-state index in [0.717, 1.165) is 12.8 Å². The molecule has 5 heteroatoms. The van der Waals surface area contributed by atoms with Crippen molar-refractivity contribution in [1.29, 1.82) is 0 Å². The van der Waals surface area contributed by atoms with Gasteiger partial charge < -0.3 is 0 Å². The summed E-state index contributed by atoms with van der Waals surface area (Å²) in [6, 6.07) is 2.86. The topological polar surface area (TPSA) is 37.4 Å². The van der Waals surface area contributed by atoms with E-state index in [1.165, 1.54) is 17.0 Å². The number of hydrogen-bond donors (Lipinski definition) is 0. The average molecular weight is 340 g/mol. The molecule has 2 aliphatic rings. The number of carbonyl (C=O) groups excluding carboxylic acids is 2. The highest BCUT2D eigenvalue weighted by Crippen LogP contribution is 2.45. The fourth-order valence-corrected chi connectivity index (χ4v) is 3.72. The van der Waals surface area contributed by atoms with Gasteiger partial charge in [0.15, 0.2) is 0 Å². The molecular formula is C15H15BrFNO2. The van der Waals surface area contributed by atoms with Crippen LogP contribution in [0.15, 0.2) is 16.6 Å². The fourth-order valence-electron chi connectivity index (χ4n) is 3.39. The van der Waals surface area contributed by atoms with E-state index >= 15 is 0 Å². The summed E-state index contributed by atoms with van der Waals surface area (Å²) >= 11 is 3.11. The molecule has 1 aliphatic carbocycles. The zero-order valence-corrected chi connectivity index (χ0v) is 12.9. The Morgan fingerprint density at radius 3 is 2.30 bits per heavy atom. The van der Waals surface area contributed by atoms with Crippen LogP contribution in [0.25, 0.3) is 0 Å². The maximum Gasteiger partial charge on any atom is 0.237 e. The van der Waals surface area contributed by atoms with Crippen molar-refractivity contribution in [2.75, 3.05) is 4.90 Å². The molecule has 2 atom stereocenters. The van der Waals surface area contributed by atoms with Gasteiger partial charge in [0, 0.05) is 0 Å². The molecular weight excluding hydrogens is 325 g/mol. The number of nitrogens with zero attached hydrogens (tertiary/aromatic N) is 1. The zero-order chi connectivity index (χ0) is 14.6. The lowest BCUT2D eigenvalue weighted by molar-refractivity contribution is -0.123. The van der Waals surface area contributed by atoms with E-state index in [1.54, 1.807) is 6.92 Å². The maximum absolute atomic E-state index is 13.5. The van der Waals surface area contributed by atoms with Crippen LogP contribution in [0.4, 0.5) is 10.1 Å². The molecule has 2 fully saturated rings. The summed E-state index contributed by atoms with van der Waals surface area (Å²) in [6.07, 6.45) is 1.54. The Labute approximate surface area is 125 Å². The van der Waals surface area contributed by atoms with Crippen LogP contribution in [0.1, 0.15) is 25.3 Å². The number of hydrogen-bond acceptors (Lipinski definition) is 2. The third-order valence-corrected chi connectivity index (χ3v) is 4.96. The summed E-state index contributed by atoms with van der Waals surface area (Å²) < 4.78 is 13.8. The van der Waals surface area contributed by atoms with Crippen molar-refractivity contribution in [3.63, 3.8) is 0 Å². The van der Waals surface area contributed by atoms with Crippen LogP contribution in [0.5, 0.6) is 0 Å². The Hall–Kier alpha value is -1.23. The summed E-state index contributed by atoms with van der Waals surface area (Å²) in [5.41, 5.74) is 1.09. The highest BCUT2D eigenvalue weighted by atomic mass is 79.9. The molecule has 1 aromatic rings. The van der Waals surface area contributed by atoms with Gasteiger partial charge in [-0.1, -0.05) is 6.92 Å². The summed E-state index contributed by atoms with van der Waals surface area (Å²) in [7, 11) is 0. The molecule has 106 valence electrons. The van der Waals surface area contributed by atoms with E-state index in [1.807, 2.05) is 0 Å². The second kappa shape index (κ2) is 4.65. The third kappa shape index (κ3) is 1.91. The van der Waals surface area contributed by atoms with E-state index in [2.05, 4.69) is 22.9 Å². The fraction of sp³-hybridized carbons (Fsp3) is 0.467. The lowest BCUT2D eigenvalue weighted by Gasteiger charge is -2.19. The molecule has 0 aromatic heterocycles. The minimum Gasteiger partial charge on any atom is -0.274 e. The second-order valence-electron chi connectivity index (χ2n) is 5.85. The number of anilines is 1. The Morgan fingerprint density at radius 1 is 1.20 bits per heavy atom. The van der Waals surface area contributed by atoms with Gasteiger partial charge in [0.2, 0.25) is 11.8 Å². The van der Waals surface area contributed by atoms with Gasteiger partial charge in [-0.25, -0.2) is 9.29 Å². The maximum atomic E-state index is 13.5. The first kappa shape index (κ1) is 13.7. The number of rotatable bonds is 1. The van der Waals surface area contributed by atoms with Crippen molar-refractivity contribution >= 4 is 33.4 Å². The molecule has 0 N–H and O–H groups in total. The largest absolute Gasteiger partial charge is 0.274 e. The zero-order valence-electron chi connectivity index (χ0n) is 11.3. The summed E-state index contributed by atoms with van der Waals surface area (Å²) in [6.45, 7) is 3.78. The van der Waals surface area contributed by atoms with E-state index in [4.69, 9.17) is 0 Å². The molecule has 1 heterocycles. The van der Waals surface area contributed by atoms with Gasteiger partial charge in [-0.2, -0.15) is 0 Å². The first-order valence-corrected chi connectivity index (χ1v) is 7.53. The molecule has 0 spiro atoms. The first-order chi connectivity index (χ1) is 9.40. The molecule has 0 radical (unpaired) electrons. The van der Waals surface area contributed by atoms with Gasteiger partial charge >= 0.3 is 0 Å². The van der Waals surface area contributed by atoms with Crippen molar-refractivity contribution in [1.82, 2.24) is 0 Å². The van der Waals surface area contributed by atoms with E-state index in [-0.39, 0.29) is 33.9 Å². The van der Waals surface area contributed by atoms with Crippen molar-refractivity contribution in [3.8, 4) is 0 Å². The first-order valence-electron chi connectivity index (χ1n) is 6.73. The highest BCUT2D eigenvalue weighted by Gasteiger charge is 2.52. The minimum absolute atomic E-state index is 0.133. The van der Waals surface area contributed by atoms with E-state index < -0.39 is 0 Å². The Morgan fingerprint density at radius 2 is 1.75 bits per heavy atom. The molecule has 3 rings (SSSR count). The smallest absolute Gasteiger partial charge is 0.237 e. The second-order valence-corrected chi connectivity index (χ2v) is 6.71. The van der Waals surface area contributed by atoms with Crippen molar-refractivity contribution in [2.24, 2.45) is 17.8 Å². The predicted molar refractivity (Wildman–Crippen MR) is 76.7 cm³/mol. The number of imide groups is 1. The summed E-state index contributed by atoms with van der Waals surface area (Å²) in [5, 5.41) is 0. The Kier molecular flexibility index (Phi) is 3.20. The Balaban J connectivity index is 2.02. The van der Waals surface area contributed by atoms with Crippen molar-refractivity contribution in [2.45, 2.75) is 26.7 Å². The molecule has 3 nitrogen and oxygen atoms in total. The number of halogens is 2. The average Bonchev–Trinajstić information content (AvgIpc) is 2.85. The van der Waals surface area contributed by atoms with Crippen LogP contribution in [0, 0.1) is 30.5 Å². The SMILES string of the molecule is Cc1cc(F)c(Br)cc1N1C(=O)C2CC(C)CC2C1=O. The van der Waals surface area contributed by atoms with Crippen LogP contribution >= 0.6 is 15.9 Å². The van der Waals surface area contributed by atoms with Crippen LogP contribution in [0.3, 0.4) is 0 Å². The predicted octanol–water partition coefficient (Wildman–Crippen LogP) is 3.43. The third-order valence-electron chi connectivity index (χ3n) is 4.35. The van der Waals surface area contributed by atoms with Crippen LogP contribution in [-0.4, -0.2) is 11.8 Å². The standard InChI is InChI=1S/C15H15BrFNO2/c1-7-3-9-10(4-7)15(20)18(14(9)19)13-6-11(16)12(17)5-8(13)2/h5-7,9-10H,3-4H2,1-2H3. The van der Waals surface area contributed by atoms with E-state index in [9.17, 15) is 14.0 Å². The van der Waals surface area contributed by atoms with Crippen LogP contribution in [-0.2, 0) is 9.59 Å². The number of fused-ring (bicyclic) bond motifs is 1. The normalized spacial score (nSPS) is 29.2. The lowest BCUT2D eigenvalue weighted by atomic mass is 10.00.